The van der Waals surface area contributed by atoms with E-state index in [1.165, 1.54) is 18.4 Å². The van der Waals surface area contributed by atoms with E-state index in [4.69, 9.17) is 4.74 Å². The van der Waals surface area contributed by atoms with Gasteiger partial charge in [0.05, 0.1) is 6.54 Å². The van der Waals surface area contributed by atoms with Gasteiger partial charge in [0.25, 0.3) is 0 Å². The number of nitrogens with zero attached hydrogens (tertiary/aromatic N) is 1. The van der Waals surface area contributed by atoms with Crippen LogP contribution in [0, 0.1) is 0 Å². The molecule has 0 N–H and O–H groups in total. The van der Waals surface area contributed by atoms with Crippen molar-refractivity contribution in [1.29, 1.82) is 0 Å². The second kappa shape index (κ2) is 4.96. The van der Waals surface area contributed by atoms with Gasteiger partial charge in [-0.3, -0.25) is 0 Å². The molecule has 0 radical (unpaired) electrons. The molecule has 1 aromatic rings. The maximum absolute atomic E-state index is 5.45. The number of hydrogen-bond donors (Lipinski definition) is 0. The highest BCUT2D eigenvalue weighted by atomic mass is 16.5. The lowest BCUT2D eigenvalue weighted by Gasteiger charge is -2.04. The summed E-state index contributed by atoms with van der Waals surface area (Å²) in [5, 5.41) is 0. The van der Waals surface area contributed by atoms with Crippen molar-refractivity contribution in [3.8, 4) is 0 Å². The molecular formula is C13H17NO. The first-order valence-electron chi connectivity index (χ1n) is 5.66. The Hall–Kier alpha value is -1.31. The second-order valence-corrected chi connectivity index (χ2v) is 3.84. The maximum atomic E-state index is 5.45. The van der Waals surface area contributed by atoms with Gasteiger partial charge in [-0.15, -0.1) is 0 Å². The van der Waals surface area contributed by atoms with Crippen molar-refractivity contribution in [3.63, 3.8) is 0 Å². The van der Waals surface area contributed by atoms with Crippen LogP contribution >= 0.6 is 0 Å². The minimum atomic E-state index is 0.731. The fourth-order valence-corrected chi connectivity index (χ4v) is 1.75. The number of ether oxygens (including phenoxy) is 1. The molecule has 0 saturated heterocycles. The Kier molecular flexibility index (Phi) is 3.38. The zero-order valence-electron chi connectivity index (χ0n) is 9.20. The highest BCUT2D eigenvalue weighted by Crippen LogP contribution is 2.12. The summed E-state index contributed by atoms with van der Waals surface area (Å²) in [5.74, 6) is 0.813. The van der Waals surface area contributed by atoms with Gasteiger partial charge in [0.1, 0.15) is 6.61 Å². The molecule has 0 bridgehead atoms. The minimum absolute atomic E-state index is 0.731. The average molecular weight is 203 g/mol. The van der Waals surface area contributed by atoms with E-state index in [9.17, 15) is 0 Å². The molecule has 80 valence electrons. The summed E-state index contributed by atoms with van der Waals surface area (Å²) >= 11 is 0. The number of rotatable bonds is 4. The van der Waals surface area contributed by atoms with Gasteiger partial charge in [0.2, 0.25) is 5.90 Å². The SMILES string of the molecule is CCCCc1cccc(C2=NCCO2)c1. The lowest BCUT2D eigenvalue weighted by molar-refractivity contribution is 0.348. The Morgan fingerprint density at radius 1 is 1.40 bits per heavy atom. The molecule has 0 aromatic heterocycles. The Bertz CT molecular complexity index is 357. The molecule has 0 fully saturated rings. The van der Waals surface area contributed by atoms with Gasteiger partial charge < -0.3 is 4.74 Å². The van der Waals surface area contributed by atoms with E-state index in [2.05, 4.69) is 36.2 Å². The van der Waals surface area contributed by atoms with Crippen LogP contribution in [0.3, 0.4) is 0 Å². The average Bonchev–Trinajstić information content (AvgIpc) is 2.80. The van der Waals surface area contributed by atoms with E-state index in [1.54, 1.807) is 0 Å². The molecule has 1 aliphatic rings. The molecule has 0 spiro atoms. The zero-order valence-corrected chi connectivity index (χ0v) is 9.20. The Morgan fingerprint density at radius 2 is 2.33 bits per heavy atom. The molecule has 1 heterocycles. The summed E-state index contributed by atoms with van der Waals surface area (Å²) in [6.07, 6.45) is 3.64. The first kappa shape index (κ1) is 10.2. The summed E-state index contributed by atoms with van der Waals surface area (Å²) in [4.78, 5) is 4.32. The fourth-order valence-electron chi connectivity index (χ4n) is 1.75. The molecule has 0 unspecified atom stereocenters. The molecule has 1 aliphatic heterocycles. The van der Waals surface area contributed by atoms with Gasteiger partial charge in [0, 0.05) is 5.56 Å². The van der Waals surface area contributed by atoms with Crippen molar-refractivity contribution in [2.45, 2.75) is 26.2 Å². The Labute approximate surface area is 91.0 Å². The van der Waals surface area contributed by atoms with Crippen LogP contribution in [-0.4, -0.2) is 19.0 Å². The normalized spacial score (nSPS) is 14.9. The van der Waals surface area contributed by atoms with Crippen LogP contribution in [0.2, 0.25) is 0 Å². The number of hydrogen-bond acceptors (Lipinski definition) is 2. The Balaban J connectivity index is 2.11. The lowest BCUT2D eigenvalue weighted by atomic mass is 10.1. The van der Waals surface area contributed by atoms with Crippen LogP contribution in [0.5, 0.6) is 0 Å². The van der Waals surface area contributed by atoms with Crippen molar-refractivity contribution in [2.24, 2.45) is 4.99 Å². The third-order valence-electron chi connectivity index (χ3n) is 2.58. The van der Waals surface area contributed by atoms with Gasteiger partial charge in [-0.2, -0.15) is 0 Å². The summed E-state index contributed by atoms with van der Waals surface area (Å²) in [7, 11) is 0. The van der Waals surface area contributed by atoms with Crippen molar-refractivity contribution in [1.82, 2.24) is 0 Å². The standard InChI is InChI=1S/C13H17NO/c1-2-3-5-11-6-4-7-12(10-11)13-14-8-9-15-13/h4,6-7,10H,2-3,5,8-9H2,1H3. The molecule has 0 aliphatic carbocycles. The van der Waals surface area contributed by atoms with E-state index in [1.807, 2.05) is 0 Å². The third-order valence-corrected chi connectivity index (χ3v) is 2.58. The van der Waals surface area contributed by atoms with Gasteiger partial charge in [-0.05, 0) is 30.5 Å². The van der Waals surface area contributed by atoms with Gasteiger partial charge in [0.15, 0.2) is 0 Å². The lowest BCUT2D eigenvalue weighted by Crippen LogP contribution is -2.01. The van der Waals surface area contributed by atoms with Gasteiger partial charge in [-0.1, -0.05) is 25.5 Å². The van der Waals surface area contributed by atoms with Crippen LogP contribution in [0.25, 0.3) is 0 Å². The molecule has 2 nitrogen and oxygen atoms in total. The highest BCUT2D eigenvalue weighted by molar-refractivity contribution is 5.95. The minimum Gasteiger partial charge on any atom is -0.476 e. The van der Waals surface area contributed by atoms with Crippen LogP contribution in [0.1, 0.15) is 30.9 Å². The summed E-state index contributed by atoms with van der Waals surface area (Å²) in [6, 6.07) is 8.53. The van der Waals surface area contributed by atoms with Crippen molar-refractivity contribution in [2.75, 3.05) is 13.2 Å². The van der Waals surface area contributed by atoms with Crippen molar-refractivity contribution >= 4 is 5.90 Å². The van der Waals surface area contributed by atoms with E-state index in [0.29, 0.717) is 0 Å². The highest BCUT2D eigenvalue weighted by Gasteiger charge is 2.09. The summed E-state index contributed by atoms with van der Waals surface area (Å²) < 4.78 is 5.45. The fraction of sp³-hybridized carbons (Fsp3) is 0.462. The molecule has 15 heavy (non-hydrogen) atoms. The zero-order chi connectivity index (χ0) is 10.5. The van der Waals surface area contributed by atoms with E-state index >= 15 is 0 Å². The smallest absolute Gasteiger partial charge is 0.216 e. The van der Waals surface area contributed by atoms with Gasteiger partial charge >= 0.3 is 0 Å². The van der Waals surface area contributed by atoms with Crippen molar-refractivity contribution < 1.29 is 4.74 Å². The molecule has 0 amide bonds. The van der Waals surface area contributed by atoms with Gasteiger partial charge in [-0.25, -0.2) is 4.99 Å². The quantitative estimate of drug-likeness (QED) is 0.737. The number of unbranched alkanes of at least 4 members (excludes halogenated alkanes) is 1. The second-order valence-electron chi connectivity index (χ2n) is 3.84. The molecule has 0 saturated carbocycles. The summed E-state index contributed by atoms with van der Waals surface area (Å²) in [5.41, 5.74) is 2.51. The van der Waals surface area contributed by atoms with Crippen LogP contribution in [0.4, 0.5) is 0 Å². The number of aryl methyl sites for hydroxylation is 1. The molecular weight excluding hydrogens is 186 g/mol. The van der Waals surface area contributed by atoms with Crippen LogP contribution < -0.4 is 0 Å². The molecule has 2 rings (SSSR count). The molecule has 0 atom stereocenters. The largest absolute Gasteiger partial charge is 0.476 e. The Morgan fingerprint density at radius 3 is 3.07 bits per heavy atom. The van der Waals surface area contributed by atoms with Crippen LogP contribution in [-0.2, 0) is 11.2 Å². The monoisotopic (exact) mass is 203 g/mol. The molecule has 2 heteroatoms. The number of benzene rings is 1. The topological polar surface area (TPSA) is 21.6 Å². The van der Waals surface area contributed by atoms with E-state index in [-0.39, 0.29) is 0 Å². The first-order valence-corrected chi connectivity index (χ1v) is 5.66. The first-order chi connectivity index (χ1) is 7.40. The maximum Gasteiger partial charge on any atom is 0.216 e. The molecule has 1 aromatic carbocycles. The summed E-state index contributed by atoms with van der Waals surface area (Å²) in [6.45, 7) is 3.75. The van der Waals surface area contributed by atoms with E-state index in [0.717, 1.165) is 31.0 Å². The van der Waals surface area contributed by atoms with Crippen LogP contribution in [0.15, 0.2) is 29.3 Å². The predicted octanol–water partition coefficient (Wildman–Crippen LogP) is 2.81. The third kappa shape index (κ3) is 2.58. The predicted molar refractivity (Wildman–Crippen MR) is 62.4 cm³/mol. The van der Waals surface area contributed by atoms with Crippen molar-refractivity contribution in [3.05, 3.63) is 35.4 Å². The number of aliphatic imine (C=N–C) groups is 1. The van der Waals surface area contributed by atoms with E-state index < -0.39 is 0 Å².